The Labute approximate surface area is 79.0 Å². The second kappa shape index (κ2) is 4.91. The van der Waals surface area contributed by atoms with Gasteiger partial charge in [-0.15, -0.1) is 0 Å². The Morgan fingerprint density at radius 3 is 2.69 bits per heavy atom. The van der Waals surface area contributed by atoms with Crippen molar-refractivity contribution in [2.45, 2.75) is 19.4 Å². The van der Waals surface area contributed by atoms with Gasteiger partial charge in [-0.1, -0.05) is 6.92 Å². The van der Waals surface area contributed by atoms with Crippen molar-refractivity contribution in [1.82, 2.24) is 0 Å². The summed E-state index contributed by atoms with van der Waals surface area (Å²) >= 11 is 0. The van der Waals surface area contributed by atoms with Gasteiger partial charge >= 0.3 is 0 Å². The maximum Gasteiger partial charge on any atom is 0.0895 e. The van der Waals surface area contributed by atoms with Gasteiger partial charge in [0.05, 0.1) is 32.5 Å². The molecule has 0 spiro atoms. The molecule has 1 heterocycles. The molecular formula is C9H19NO3. The Hall–Kier alpha value is -0.160. The molecule has 13 heavy (non-hydrogen) atoms. The summed E-state index contributed by atoms with van der Waals surface area (Å²) < 4.78 is 10.5. The molecule has 0 aromatic heterocycles. The Balaban J connectivity index is 2.10. The van der Waals surface area contributed by atoms with Crippen LogP contribution in [0.3, 0.4) is 0 Å². The number of ether oxygens (including phenoxy) is 2. The number of aliphatic hydroxyl groups excluding tert-OH is 1. The van der Waals surface area contributed by atoms with E-state index in [4.69, 9.17) is 20.3 Å². The van der Waals surface area contributed by atoms with Gasteiger partial charge in [0.15, 0.2) is 0 Å². The Kier molecular flexibility index (Phi) is 4.12. The highest BCUT2D eigenvalue weighted by molar-refractivity contribution is 4.83. The van der Waals surface area contributed by atoms with Crippen molar-refractivity contribution in [3.63, 3.8) is 0 Å². The Morgan fingerprint density at radius 2 is 2.31 bits per heavy atom. The van der Waals surface area contributed by atoms with Crippen molar-refractivity contribution in [1.29, 1.82) is 0 Å². The van der Waals surface area contributed by atoms with Crippen molar-refractivity contribution < 1.29 is 14.6 Å². The molecule has 1 aliphatic heterocycles. The number of nitrogens with two attached hydrogens (primary N) is 1. The first kappa shape index (κ1) is 10.9. The summed E-state index contributed by atoms with van der Waals surface area (Å²) in [6.45, 7) is 4.95. The van der Waals surface area contributed by atoms with Gasteiger partial charge in [0.25, 0.3) is 0 Å². The molecule has 0 aromatic carbocycles. The molecule has 4 nitrogen and oxygen atoms in total. The van der Waals surface area contributed by atoms with Crippen molar-refractivity contribution in [2.24, 2.45) is 11.1 Å². The van der Waals surface area contributed by atoms with E-state index < -0.39 is 6.10 Å². The summed E-state index contributed by atoms with van der Waals surface area (Å²) in [6, 6.07) is 0. The fourth-order valence-electron chi connectivity index (χ4n) is 1.26. The quantitative estimate of drug-likeness (QED) is 0.604. The normalized spacial score (nSPS) is 22.4. The van der Waals surface area contributed by atoms with Crippen molar-refractivity contribution in [2.75, 3.05) is 33.0 Å². The van der Waals surface area contributed by atoms with Crippen LogP contribution in [0.1, 0.15) is 13.3 Å². The highest BCUT2D eigenvalue weighted by Crippen LogP contribution is 2.31. The van der Waals surface area contributed by atoms with Crippen LogP contribution >= 0.6 is 0 Å². The zero-order valence-electron chi connectivity index (χ0n) is 8.16. The van der Waals surface area contributed by atoms with Gasteiger partial charge in [0, 0.05) is 12.0 Å². The van der Waals surface area contributed by atoms with Gasteiger partial charge in [-0.05, 0) is 6.42 Å². The number of rotatable bonds is 6. The molecule has 0 bridgehead atoms. The predicted octanol–water partition coefficient (Wildman–Crippen LogP) is -0.251. The van der Waals surface area contributed by atoms with Crippen LogP contribution in [0.25, 0.3) is 0 Å². The van der Waals surface area contributed by atoms with Gasteiger partial charge < -0.3 is 20.3 Å². The lowest BCUT2D eigenvalue weighted by Crippen LogP contribution is -2.46. The van der Waals surface area contributed by atoms with Gasteiger partial charge in [0.1, 0.15) is 0 Å². The molecule has 3 N–H and O–H groups in total. The molecule has 1 unspecified atom stereocenters. The summed E-state index contributed by atoms with van der Waals surface area (Å²) in [5, 5.41) is 9.14. The lowest BCUT2D eigenvalue weighted by atomic mass is 9.84. The minimum absolute atomic E-state index is 0.203. The van der Waals surface area contributed by atoms with E-state index in [1.807, 2.05) is 0 Å². The molecular weight excluding hydrogens is 170 g/mol. The highest BCUT2D eigenvalue weighted by atomic mass is 16.5. The molecule has 1 saturated heterocycles. The second-order valence-corrected chi connectivity index (χ2v) is 3.75. The fraction of sp³-hybridized carbons (Fsp3) is 1.00. The standard InChI is InChI=1S/C9H19NO3/c1-2-9(6-13-7-9)5-12-4-8(11)3-10/h8,11H,2-7,10H2,1H3. The number of hydrogen-bond acceptors (Lipinski definition) is 4. The zero-order chi connectivity index (χ0) is 9.73. The summed E-state index contributed by atoms with van der Waals surface area (Å²) in [4.78, 5) is 0. The van der Waals surface area contributed by atoms with Crippen LogP contribution in [0.15, 0.2) is 0 Å². The van der Waals surface area contributed by atoms with Crippen LogP contribution < -0.4 is 5.73 Å². The van der Waals surface area contributed by atoms with Crippen LogP contribution in [0.2, 0.25) is 0 Å². The van der Waals surface area contributed by atoms with Crippen LogP contribution in [0.5, 0.6) is 0 Å². The topological polar surface area (TPSA) is 64.7 Å². The minimum atomic E-state index is -0.532. The molecule has 4 heteroatoms. The van der Waals surface area contributed by atoms with Gasteiger partial charge in [-0.3, -0.25) is 0 Å². The van der Waals surface area contributed by atoms with Crippen molar-refractivity contribution in [3.8, 4) is 0 Å². The molecule has 0 aromatic rings. The van der Waals surface area contributed by atoms with Crippen molar-refractivity contribution >= 4 is 0 Å². The van der Waals surface area contributed by atoms with Crippen LogP contribution in [-0.2, 0) is 9.47 Å². The second-order valence-electron chi connectivity index (χ2n) is 3.75. The molecule has 0 aliphatic carbocycles. The molecule has 0 radical (unpaired) electrons. The van der Waals surface area contributed by atoms with E-state index in [1.54, 1.807) is 0 Å². The van der Waals surface area contributed by atoms with E-state index >= 15 is 0 Å². The first-order valence-corrected chi connectivity index (χ1v) is 4.76. The van der Waals surface area contributed by atoms with Gasteiger partial charge in [-0.25, -0.2) is 0 Å². The lowest BCUT2D eigenvalue weighted by Gasteiger charge is -2.40. The third kappa shape index (κ3) is 2.91. The monoisotopic (exact) mass is 189 g/mol. The first-order chi connectivity index (χ1) is 6.22. The summed E-state index contributed by atoms with van der Waals surface area (Å²) in [7, 11) is 0. The maximum atomic E-state index is 9.14. The van der Waals surface area contributed by atoms with E-state index in [9.17, 15) is 0 Å². The largest absolute Gasteiger partial charge is 0.389 e. The third-order valence-corrected chi connectivity index (χ3v) is 2.56. The Morgan fingerprint density at radius 1 is 1.62 bits per heavy atom. The molecule has 78 valence electrons. The summed E-state index contributed by atoms with van der Waals surface area (Å²) in [6.07, 6.45) is 0.529. The Bertz CT molecular complexity index is 142. The molecule has 1 fully saturated rings. The van der Waals surface area contributed by atoms with Crippen LogP contribution in [0, 0.1) is 5.41 Å². The van der Waals surface area contributed by atoms with E-state index in [-0.39, 0.29) is 12.0 Å². The lowest BCUT2D eigenvalue weighted by molar-refractivity contribution is -0.154. The van der Waals surface area contributed by atoms with E-state index in [1.165, 1.54) is 0 Å². The van der Waals surface area contributed by atoms with E-state index in [2.05, 4.69) is 6.92 Å². The average molecular weight is 189 g/mol. The number of aliphatic hydroxyl groups is 1. The van der Waals surface area contributed by atoms with Crippen molar-refractivity contribution in [3.05, 3.63) is 0 Å². The van der Waals surface area contributed by atoms with Gasteiger partial charge in [0.2, 0.25) is 0 Å². The minimum Gasteiger partial charge on any atom is -0.389 e. The molecule has 1 atom stereocenters. The maximum absolute atomic E-state index is 9.14. The first-order valence-electron chi connectivity index (χ1n) is 4.76. The van der Waals surface area contributed by atoms with Crippen LogP contribution in [-0.4, -0.2) is 44.2 Å². The predicted molar refractivity (Wildman–Crippen MR) is 49.4 cm³/mol. The molecule has 0 amide bonds. The summed E-state index contributed by atoms with van der Waals surface area (Å²) in [5.74, 6) is 0. The smallest absolute Gasteiger partial charge is 0.0895 e. The molecule has 0 saturated carbocycles. The van der Waals surface area contributed by atoms with Gasteiger partial charge in [-0.2, -0.15) is 0 Å². The third-order valence-electron chi connectivity index (χ3n) is 2.56. The zero-order valence-corrected chi connectivity index (χ0v) is 8.16. The molecule has 1 rings (SSSR count). The summed E-state index contributed by atoms with van der Waals surface area (Å²) in [5.41, 5.74) is 5.45. The average Bonchev–Trinajstić information content (AvgIpc) is 2.09. The van der Waals surface area contributed by atoms with E-state index in [0.717, 1.165) is 19.6 Å². The highest BCUT2D eigenvalue weighted by Gasteiger charge is 2.36. The molecule has 1 aliphatic rings. The van der Waals surface area contributed by atoms with Crippen LogP contribution in [0.4, 0.5) is 0 Å². The van der Waals surface area contributed by atoms with E-state index in [0.29, 0.717) is 13.2 Å². The SMILES string of the molecule is CCC1(COCC(O)CN)COC1. The fourth-order valence-corrected chi connectivity index (χ4v) is 1.26. The number of hydrogen-bond donors (Lipinski definition) is 2.